The van der Waals surface area contributed by atoms with Gasteiger partial charge in [-0.15, -0.1) is 0 Å². The van der Waals surface area contributed by atoms with Gasteiger partial charge in [-0.2, -0.15) is 17.9 Å². The van der Waals surface area contributed by atoms with Crippen LogP contribution in [0.4, 0.5) is 22.0 Å². The van der Waals surface area contributed by atoms with Gasteiger partial charge in [-0.3, -0.25) is 4.79 Å². The molecule has 0 spiro atoms. The predicted octanol–water partition coefficient (Wildman–Crippen LogP) is 3.02. The van der Waals surface area contributed by atoms with Crippen molar-refractivity contribution < 1.29 is 48.3 Å². The van der Waals surface area contributed by atoms with Gasteiger partial charge in [-0.05, 0) is 44.0 Å². The van der Waals surface area contributed by atoms with Crippen molar-refractivity contribution in [1.29, 1.82) is 0 Å². The fourth-order valence-corrected chi connectivity index (χ4v) is 7.42. The highest BCUT2D eigenvalue weighted by Crippen LogP contribution is 2.46. The molecule has 0 bridgehead atoms. The Morgan fingerprint density at radius 2 is 1.68 bits per heavy atom. The van der Waals surface area contributed by atoms with Gasteiger partial charge in [0.2, 0.25) is 5.91 Å². The number of hydrogen-bond acceptors (Lipinski definition) is 6. The summed E-state index contributed by atoms with van der Waals surface area (Å²) in [5, 5.41) is -1.35. The quantitative estimate of drug-likeness (QED) is 0.543. The van der Waals surface area contributed by atoms with E-state index in [2.05, 4.69) is 0 Å². The van der Waals surface area contributed by atoms with E-state index in [0.717, 1.165) is 22.6 Å². The first kappa shape index (κ1) is 28.2. The number of nitrogens with one attached hydrogen (secondary N) is 1. The molecule has 0 aliphatic carbocycles. The molecule has 2 aromatic rings. The highest BCUT2D eigenvalue weighted by atomic mass is 32.2. The number of hydrogen-bond donors (Lipinski definition) is 1. The third kappa shape index (κ3) is 5.10. The SMILES string of the molecule is Cc1ccc(S(=O)(=O)[C@H]2CCCN(C(=O)CNS(=O)(=O)C(F)(F)F)[C@@H]3COc4c(F)ccc(F)c4C32)cc1. The van der Waals surface area contributed by atoms with Crippen molar-refractivity contribution in [2.24, 2.45) is 0 Å². The number of alkyl halides is 3. The van der Waals surface area contributed by atoms with Gasteiger partial charge in [-0.1, -0.05) is 17.7 Å². The fraction of sp³-hybridized carbons (Fsp3) is 0.435. The molecule has 8 nitrogen and oxygen atoms in total. The Hall–Kier alpha value is -2.78. The fourth-order valence-electron chi connectivity index (χ4n) is 4.90. The Balaban J connectivity index is 1.78. The molecule has 0 radical (unpaired) electrons. The molecule has 1 saturated heterocycles. The van der Waals surface area contributed by atoms with Crippen molar-refractivity contribution in [3.8, 4) is 5.75 Å². The zero-order valence-electron chi connectivity index (χ0n) is 19.8. The van der Waals surface area contributed by atoms with Crippen molar-refractivity contribution in [3.63, 3.8) is 0 Å². The summed E-state index contributed by atoms with van der Waals surface area (Å²) in [6, 6.07) is 6.26. The third-order valence-corrected chi connectivity index (χ3v) is 10.1. The minimum absolute atomic E-state index is 0.0345. The van der Waals surface area contributed by atoms with Gasteiger partial charge in [-0.25, -0.2) is 25.6 Å². The summed E-state index contributed by atoms with van der Waals surface area (Å²) in [6.45, 7) is -0.195. The molecule has 4 rings (SSSR count). The van der Waals surface area contributed by atoms with Crippen molar-refractivity contribution in [1.82, 2.24) is 9.62 Å². The molecule has 0 aromatic heterocycles. The van der Waals surface area contributed by atoms with Crippen LogP contribution in [0.15, 0.2) is 41.3 Å². The Bertz CT molecular complexity index is 1450. The van der Waals surface area contributed by atoms with Crippen LogP contribution in [-0.4, -0.2) is 64.1 Å². The maximum absolute atomic E-state index is 15.2. The average Bonchev–Trinajstić information content (AvgIpc) is 3.04. The molecule has 1 fully saturated rings. The largest absolute Gasteiger partial charge is 0.511 e. The number of carbonyl (C=O) groups is 1. The number of fused-ring (bicyclic) bond motifs is 3. The highest BCUT2D eigenvalue weighted by molar-refractivity contribution is 7.92. The van der Waals surface area contributed by atoms with Crippen LogP contribution in [0.3, 0.4) is 0 Å². The number of halogens is 5. The molecule has 1 unspecified atom stereocenters. The van der Waals surface area contributed by atoms with Crippen LogP contribution in [-0.2, 0) is 24.7 Å². The van der Waals surface area contributed by atoms with Crippen molar-refractivity contribution in [2.45, 2.75) is 47.4 Å². The van der Waals surface area contributed by atoms with Crippen LogP contribution >= 0.6 is 0 Å². The number of amides is 1. The molecule has 38 heavy (non-hydrogen) atoms. The van der Waals surface area contributed by atoms with Gasteiger partial charge < -0.3 is 9.64 Å². The molecule has 1 N–H and O–H groups in total. The second-order valence-electron chi connectivity index (χ2n) is 9.07. The van der Waals surface area contributed by atoms with Gasteiger partial charge in [0.25, 0.3) is 0 Å². The Morgan fingerprint density at radius 3 is 2.32 bits per heavy atom. The monoisotopic (exact) mass is 582 g/mol. The number of ether oxygens (including phenoxy) is 1. The summed E-state index contributed by atoms with van der Waals surface area (Å²) >= 11 is 0. The van der Waals surface area contributed by atoms with Gasteiger partial charge in [0.1, 0.15) is 12.4 Å². The van der Waals surface area contributed by atoms with E-state index < -0.39 is 84.6 Å². The van der Waals surface area contributed by atoms with Crippen LogP contribution in [0.25, 0.3) is 0 Å². The molecule has 2 aliphatic rings. The molecule has 2 heterocycles. The van der Waals surface area contributed by atoms with Crippen LogP contribution in [0.2, 0.25) is 0 Å². The maximum Gasteiger partial charge on any atom is 0.511 e. The molecule has 2 aromatic carbocycles. The first-order valence-electron chi connectivity index (χ1n) is 11.4. The highest BCUT2D eigenvalue weighted by Gasteiger charge is 2.50. The van der Waals surface area contributed by atoms with Gasteiger partial charge in [0, 0.05) is 18.0 Å². The molecule has 208 valence electrons. The number of aryl methyl sites for hydroxylation is 1. The topological polar surface area (TPSA) is 110 Å². The second kappa shape index (κ2) is 10.1. The van der Waals surface area contributed by atoms with Crippen molar-refractivity contribution in [3.05, 3.63) is 59.2 Å². The summed E-state index contributed by atoms with van der Waals surface area (Å²) in [5.74, 6) is -4.91. The van der Waals surface area contributed by atoms with Gasteiger partial charge >= 0.3 is 15.5 Å². The molecule has 15 heteroatoms. The minimum Gasteiger partial charge on any atom is -0.488 e. The number of benzene rings is 2. The zero-order chi connectivity index (χ0) is 28.0. The lowest BCUT2D eigenvalue weighted by molar-refractivity contribution is -0.133. The lowest BCUT2D eigenvalue weighted by Crippen LogP contribution is -2.54. The van der Waals surface area contributed by atoms with E-state index in [1.807, 2.05) is 0 Å². The van der Waals surface area contributed by atoms with E-state index in [1.54, 1.807) is 19.1 Å². The Kier molecular flexibility index (Phi) is 7.49. The summed E-state index contributed by atoms with van der Waals surface area (Å²) in [6.07, 6.45) is -0.0579. The standard InChI is InChI=1S/C23H23F5N2O6S2/c1-13-4-6-14(7-5-13)37(32,33)18-3-2-10-30(19(31)11-29-38(34,35)23(26,27)28)17-12-36-22-16(25)9-8-15(24)20(22)21(17)18/h4-9,17-18,21,29H,2-3,10-12H2,1H3/t17-,18+,21?/m1/s1. The van der Waals surface area contributed by atoms with Crippen LogP contribution in [0.5, 0.6) is 5.75 Å². The lowest BCUT2D eigenvalue weighted by atomic mass is 9.84. The lowest BCUT2D eigenvalue weighted by Gasteiger charge is -2.41. The van der Waals surface area contributed by atoms with E-state index in [9.17, 15) is 39.2 Å². The molecule has 1 amide bonds. The zero-order valence-corrected chi connectivity index (χ0v) is 21.5. The number of carbonyl (C=O) groups excluding carboxylic acids is 1. The normalized spacial score (nSPS) is 22.2. The summed E-state index contributed by atoms with van der Waals surface area (Å²) in [4.78, 5) is 13.9. The van der Waals surface area contributed by atoms with Crippen molar-refractivity contribution >= 4 is 25.8 Å². The van der Waals surface area contributed by atoms with E-state index in [-0.39, 0.29) is 24.3 Å². The minimum atomic E-state index is -5.84. The maximum atomic E-state index is 15.2. The van der Waals surface area contributed by atoms with Crippen LogP contribution in [0, 0.1) is 18.6 Å². The smallest absolute Gasteiger partial charge is 0.488 e. The predicted molar refractivity (Wildman–Crippen MR) is 124 cm³/mol. The number of rotatable bonds is 5. The van der Waals surface area contributed by atoms with Crippen LogP contribution < -0.4 is 9.46 Å². The number of sulfonamides is 1. The summed E-state index contributed by atoms with van der Waals surface area (Å²) in [5.41, 5.74) is -5.28. The first-order chi connectivity index (χ1) is 17.6. The number of likely N-dealkylation sites (tertiary alicyclic amines) is 1. The van der Waals surface area contributed by atoms with E-state index >= 15 is 4.39 Å². The molecule has 2 aliphatic heterocycles. The molecule has 0 saturated carbocycles. The first-order valence-corrected chi connectivity index (χ1v) is 14.4. The number of nitrogens with zero attached hydrogens (tertiary/aromatic N) is 1. The summed E-state index contributed by atoms with van der Waals surface area (Å²) < 4.78 is 125. The molecular weight excluding hydrogens is 559 g/mol. The van der Waals surface area contributed by atoms with Gasteiger partial charge in [0.05, 0.1) is 22.7 Å². The van der Waals surface area contributed by atoms with Crippen LogP contribution in [0.1, 0.15) is 29.9 Å². The molecule has 3 atom stereocenters. The van der Waals surface area contributed by atoms with Crippen molar-refractivity contribution in [2.75, 3.05) is 19.7 Å². The second-order valence-corrected chi connectivity index (χ2v) is 13.0. The van der Waals surface area contributed by atoms with E-state index in [4.69, 9.17) is 4.74 Å². The van der Waals surface area contributed by atoms with E-state index in [0.29, 0.717) is 0 Å². The summed E-state index contributed by atoms with van der Waals surface area (Å²) in [7, 11) is -10.0. The van der Waals surface area contributed by atoms with Gasteiger partial charge in [0.15, 0.2) is 21.4 Å². The third-order valence-electron chi connectivity index (χ3n) is 6.72. The van der Waals surface area contributed by atoms with E-state index in [1.165, 1.54) is 16.9 Å². The molecular formula is C23H23F5N2O6S2. The number of sulfone groups is 1. The Labute approximate surface area is 215 Å². The average molecular weight is 583 g/mol. The Morgan fingerprint density at radius 1 is 1.05 bits per heavy atom.